The first-order chi connectivity index (χ1) is 13.6. The molecule has 2 aromatic heterocycles. The molecule has 3 aromatic rings. The number of thioether (sulfide) groups is 1. The van der Waals surface area contributed by atoms with Crippen molar-refractivity contribution in [3.63, 3.8) is 0 Å². The molecule has 0 saturated heterocycles. The number of nitrogens with zero attached hydrogens (tertiary/aromatic N) is 3. The third kappa shape index (κ3) is 4.64. The molecule has 1 N–H and O–H groups in total. The zero-order chi connectivity index (χ0) is 19.9. The van der Waals surface area contributed by atoms with Crippen molar-refractivity contribution in [3.05, 3.63) is 66.4 Å². The Hall–Kier alpha value is -3.00. The van der Waals surface area contributed by atoms with Crippen LogP contribution in [0.4, 0.5) is 5.69 Å². The smallest absolute Gasteiger partial charge is 0.253 e. The van der Waals surface area contributed by atoms with Crippen LogP contribution in [-0.2, 0) is 17.9 Å². The molecule has 0 aliphatic heterocycles. The number of furan rings is 1. The average Bonchev–Trinajstić information content (AvgIpc) is 3.41. The number of anilines is 1. The molecule has 7 nitrogen and oxygen atoms in total. The van der Waals surface area contributed by atoms with Crippen molar-refractivity contribution in [1.29, 1.82) is 0 Å². The Balaban J connectivity index is 1.66. The fourth-order valence-corrected chi connectivity index (χ4v) is 3.61. The first-order valence-electron chi connectivity index (χ1n) is 8.90. The summed E-state index contributed by atoms with van der Waals surface area (Å²) in [7, 11) is 1.67. The molecule has 0 aliphatic carbocycles. The molecule has 2 heterocycles. The highest BCUT2D eigenvalue weighted by Crippen LogP contribution is 2.22. The van der Waals surface area contributed by atoms with Crippen LogP contribution in [0.15, 0.2) is 64.6 Å². The number of carbonyl (C=O) groups is 2. The maximum absolute atomic E-state index is 12.7. The van der Waals surface area contributed by atoms with Gasteiger partial charge >= 0.3 is 0 Å². The Labute approximate surface area is 167 Å². The van der Waals surface area contributed by atoms with Gasteiger partial charge in [0, 0.05) is 26.0 Å². The number of hydrogen-bond donors (Lipinski definition) is 1. The summed E-state index contributed by atoms with van der Waals surface area (Å²) < 4.78 is 7.21. The Bertz CT molecular complexity index is 937. The summed E-state index contributed by atoms with van der Waals surface area (Å²) in [5.41, 5.74) is 0.994. The third-order valence-electron chi connectivity index (χ3n) is 4.23. The van der Waals surface area contributed by atoms with Crippen molar-refractivity contribution >= 4 is 29.3 Å². The van der Waals surface area contributed by atoms with Gasteiger partial charge in [0.1, 0.15) is 5.76 Å². The van der Waals surface area contributed by atoms with E-state index in [2.05, 4.69) is 10.3 Å². The fraction of sp³-hybridized carbons (Fsp3) is 0.250. The van der Waals surface area contributed by atoms with Gasteiger partial charge in [0.05, 0.1) is 29.8 Å². The molecular weight excluding hydrogens is 376 g/mol. The van der Waals surface area contributed by atoms with Gasteiger partial charge in [-0.25, -0.2) is 4.98 Å². The Morgan fingerprint density at radius 1 is 1.25 bits per heavy atom. The van der Waals surface area contributed by atoms with Crippen LogP contribution in [0.5, 0.6) is 0 Å². The van der Waals surface area contributed by atoms with Gasteiger partial charge in [-0.2, -0.15) is 0 Å². The third-order valence-corrected chi connectivity index (χ3v) is 5.22. The Morgan fingerprint density at radius 3 is 2.82 bits per heavy atom. The zero-order valence-corrected chi connectivity index (χ0v) is 16.6. The molecule has 0 radical (unpaired) electrons. The minimum atomic E-state index is -0.263. The van der Waals surface area contributed by atoms with Crippen molar-refractivity contribution in [2.24, 2.45) is 0 Å². The molecule has 146 valence electrons. The van der Waals surface area contributed by atoms with Crippen LogP contribution < -0.4 is 10.2 Å². The summed E-state index contributed by atoms with van der Waals surface area (Å²) >= 11 is 1.38. The number of imidazole rings is 1. The standard InChI is InChI=1S/C20H22N4O3S/c1-3-24-11-10-21-20(24)28-14-18(25)23(2)17-9-5-4-8-16(17)19(26)22-13-15-7-6-12-27-15/h4-12H,3,13-14H2,1-2H3,(H,22,26). The number of aromatic nitrogens is 2. The molecule has 0 saturated carbocycles. The largest absolute Gasteiger partial charge is 0.467 e. The quantitative estimate of drug-likeness (QED) is 0.590. The van der Waals surface area contributed by atoms with E-state index in [0.717, 1.165) is 11.7 Å². The van der Waals surface area contributed by atoms with E-state index >= 15 is 0 Å². The number of aryl methyl sites for hydroxylation is 1. The second-order valence-corrected chi connectivity index (χ2v) is 6.96. The van der Waals surface area contributed by atoms with E-state index in [4.69, 9.17) is 4.42 Å². The number of carbonyl (C=O) groups excluding carboxylic acids is 2. The van der Waals surface area contributed by atoms with E-state index in [9.17, 15) is 9.59 Å². The summed E-state index contributed by atoms with van der Waals surface area (Å²) in [4.78, 5) is 31.1. The van der Waals surface area contributed by atoms with Gasteiger partial charge in [-0.15, -0.1) is 0 Å². The monoisotopic (exact) mass is 398 g/mol. The molecule has 0 spiro atoms. The van der Waals surface area contributed by atoms with Crippen LogP contribution in [0.25, 0.3) is 0 Å². The number of nitrogens with one attached hydrogen (secondary N) is 1. The van der Waals surface area contributed by atoms with E-state index < -0.39 is 0 Å². The van der Waals surface area contributed by atoms with Crippen LogP contribution in [0.2, 0.25) is 0 Å². The highest BCUT2D eigenvalue weighted by Gasteiger charge is 2.19. The second-order valence-electron chi connectivity index (χ2n) is 6.02. The van der Waals surface area contributed by atoms with Crippen molar-refractivity contribution < 1.29 is 14.0 Å². The van der Waals surface area contributed by atoms with Crippen LogP contribution >= 0.6 is 11.8 Å². The number of rotatable bonds is 8. The molecule has 8 heteroatoms. The van der Waals surface area contributed by atoms with Crippen molar-refractivity contribution in [2.45, 2.75) is 25.2 Å². The van der Waals surface area contributed by atoms with Crippen LogP contribution in [-0.4, -0.2) is 34.2 Å². The van der Waals surface area contributed by atoms with Gasteiger partial charge in [0.25, 0.3) is 5.91 Å². The summed E-state index contributed by atoms with van der Waals surface area (Å²) in [6.45, 7) is 3.11. The lowest BCUT2D eigenvalue weighted by atomic mass is 10.1. The van der Waals surface area contributed by atoms with Gasteiger partial charge in [0.2, 0.25) is 5.91 Å². The van der Waals surface area contributed by atoms with Gasteiger partial charge in [-0.1, -0.05) is 23.9 Å². The summed E-state index contributed by atoms with van der Waals surface area (Å²) in [5, 5.41) is 3.62. The second kappa shape index (κ2) is 9.27. The van der Waals surface area contributed by atoms with E-state index in [-0.39, 0.29) is 24.1 Å². The van der Waals surface area contributed by atoms with E-state index in [1.807, 2.05) is 17.7 Å². The fourth-order valence-electron chi connectivity index (χ4n) is 2.67. The molecule has 3 rings (SSSR count). The molecule has 0 bridgehead atoms. The number of benzene rings is 1. The number of hydrogen-bond acceptors (Lipinski definition) is 5. The molecule has 28 heavy (non-hydrogen) atoms. The zero-order valence-electron chi connectivity index (χ0n) is 15.8. The van der Waals surface area contributed by atoms with Crippen LogP contribution in [0.3, 0.4) is 0 Å². The first kappa shape index (κ1) is 19.8. The highest BCUT2D eigenvalue weighted by atomic mass is 32.2. The van der Waals surface area contributed by atoms with Crippen LogP contribution in [0.1, 0.15) is 23.0 Å². The van der Waals surface area contributed by atoms with Gasteiger partial charge in [0.15, 0.2) is 5.16 Å². The topological polar surface area (TPSA) is 80.4 Å². The van der Waals surface area contributed by atoms with Crippen molar-refractivity contribution in [1.82, 2.24) is 14.9 Å². The summed E-state index contributed by atoms with van der Waals surface area (Å²) in [6.07, 6.45) is 5.16. The van der Waals surface area contributed by atoms with Crippen LogP contribution in [0, 0.1) is 0 Å². The molecule has 0 aliphatic rings. The highest BCUT2D eigenvalue weighted by molar-refractivity contribution is 7.99. The van der Waals surface area contributed by atoms with E-state index in [1.54, 1.807) is 55.9 Å². The lowest BCUT2D eigenvalue weighted by Gasteiger charge is -2.20. The Morgan fingerprint density at radius 2 is 2.07 bits per heavy atom. The van der Waals surface area contributed by atoms with E-state index in [0.29, 0.717) is 17.0 Å². The Kier molecular flexibility index (Phi) is 6.54. The first-order valence-corrected chi connectivity index (χ1v) is 9.88. The summed E-state index contributed by atoms with van der Waals surface area (Å²) in [5.74, 6) is 0.524. The SMILES string of the molecule is CCn1ccnc1SCC(=O)N(C)c1ccccc1C(=O)NCc1ccco1. The minimum Gasteiger partial charge on any atom is -0.467 e. The molecule has 2 amide bonds. The van der Waals surface area contributed by atoms with Crippen molar-refractivity contribution in [3.8, 4) is 0 Å². The normalized spacial score (nSPS) is 10.6. The predicted molar refractivity (Wildman–Crippen MR) is 108 cm³/mol. The molecule has 1 aromatic carbocycles. The molecular formula is C20H22N4O3S. The molecule has 0 unspecified atom stereocenters. The van der Waals surface area contributed by atoms with Gasteiger partial charge < -0.3 is 19.2 Å². The molecule has 0 atom stereocenters. The minimum absolute atomic E-state index is 0.109. The lowest BCUT2D eigenvalue weighted by molar-refractivity contribution is -0.115. The van der Waals surface area contributed by atoms with Gasteiger partial charge in [-0.05, 0) is 31.2 Å². The van der Waals surface area contributed by atoms with Gasteiger partial charge in [-0.3, -0.25) is 9.59 Å². The lowest BCUT2D eigenvalue weighted by Crippen LogP contribution is -2.31. The maximum Gasteiger partial charge on any atom is 0.253 e. The number of amides is 2. The predicted octanol–water partition coefficient (Wildman–Crippen LogP) is 3.18. The maximum atomic E-state index is 12.7. The van der Waals surface area contributed by atoms with Crippen molar-refractivity contribution in [2.75, 3.05) is 17.7 Å². The number of para-hydroxylation sites is 1. The van der Waals surface area contributed by atoms with E-state index in [1.165, 1.54) is 16.7 Å². The summed E-state index contributed by atoms with van der Waals surface area (Å²) in [6, 6.07) is 10.6. The molecule has 0 fully saturated rings. The average molecular weight is 398 g/mol.